The first kappa shape index (κ1) is 18.3. The highest BCUT2D eigenvalue weighted by Crippen LogP contribution is 2.26. The number of carbonyl (C=O) groups excluding carboxylic acids is 2. The second-order valence-electron chi connectivity index (χ2n) is 4.83. The molecule has 0 saturated heterocycles. The molecule has 0 unspecified atom stereocenters. The second-order valence-corrected chi connectivity index (χ2v) is 6.12. The lowest BCUT2D eigenvalue weighted by atomic mass is 10.2. The molecule has 0 heterocycles. The van der Waals surface area contributed by atoms with E-state index in [0.29, 0.717) is 27.4 Å². The van der Waals surface area contributed by atoms with Crippen LogP contribution in [0.25, 0.3) is 0 Å². The molecule has 0 aliphatic carbocycles. The number of benzene rings is 2. The zero-order valence-electron chi connectivity index (χ0n) is 12.8. The molecule has 0 fully saturated rings. The summed E-state index contributed by atoms with van der Waals surface area (Å²) in [6.45, 7) is 0.224. The maximum atomic E-state index is 11.8. The molecule has 126 valence electrons. The van der Waals surface area contributed by atoms with E-state index in [-0.39, 0.29) is 12.5 Å². The predicted octanol–water partition coefficient (Wildman–Crippen LogP) is 3.58. The van der Waals surface area contributed by atoms with E-state index < -0.39 is 5.97 Å². The number of nitrogens with one attached hydrogen (secondary N) is 1. The van der Waals surface area contributed by atoms with Crippen molar-refractivity contribution < 1.29 is 19.1 Å². The Hall–Kier alpha value is -2.05. The Kier molecular flexibility index (Phi) is 6.63. The van der Waals surface area contributed by atoms with E-state index in [1.54, 1.807) is 30.3 Å². The van der Waals surface area contributed by atoms with Crippen LogP contribution >= 0.6 is 27.5 Å². The summed E-state index contributed by atoms with van der Waals surface area (Å²) in [6, 6.07) is 12.0. The first-order valence-electron chi connectivity index (χ1n) is 7.01. The lowest BCUT2D eigenvalue weighted by molar-refractivity contribution is -0.123. The Morgan fingerprint density at radius 2 is 2.00 bits per heavy atom. The van der Waals surface area contributed by atoms with Crippen LogP contribution in [-0.4, -0.2) is 25.6 Å². The number of esters is 1. The van der Waals surface area contributed by atoms with Crippen molar-refractivity contribution in [1.82, 2.24) is 5.32 Å². The molecule has 5 nitrogen and oxygen atoms in total. The molecule has 7 heteroatoms. The molecule has 0 radical (unpaired) electrons. The third-order valence-electron chi connectivity index (χ3n) is 3.09. The van der Waals surface area contributed by atoms with Gasteiger partial charge in [-0.05, 0) is 51.8 Å². The SMILES string of the molecule is COC(=O)c1ccc(OCC(=O)NCc2cccc(Cl)c2)c(Br)c1. The minimum absolute atomic E-state index is 0.142. The van der Waals surface area contributed by atoms with Gasteiger partial charge in [0, 0.05) is 11.6 Å². The molecule has 2 aromatic carbocycles. The molecular weight excluding hydrogens is 398 g/mol. The smallest absolute Gasteiger partial charge is 0.337 e. The van der Waals surface area contributed by atoms with Gasteiger partial charge in [0.1, 0.15) is 5.75 Å². The van der Waals surface area contributed by atoms with Crippen LogP contribution in [0, 0.1) is 0 Å². The molecule has 0 aliphatic heterocycles. The average Bonchev–Trinajstić information content (AvgIpc) is 2.58. The molecule has 0 spiro atoms. The van der Waals surface area contributed by atoms with Gasteiger partial charge in [-0.15, -0.1) is 0 Å². The lowest BCUT2D eigenvalue weighted by Crippen LogP contribution is -2.28. The highest BCUT2D eigenvalue weighted by Gasteiger charge is 2.10. The Morgan fingerprint density at radius 3 is 2.67 bits per heavy atom. The normalized spacial score (nSPS) is 10.1. The minimum Gasteiger partial charge on any atom is -0.483 e. The highest BCUT2D eigenvalue weighted by molar-refractivity contribution is 9.10. The van der Waals surface area contributed by atoms with Crippen molar-refractivity contribution in [2.45, 2.75) is 6.54 Å². The van der Waals surface area contributed by atoms with Gasteiger partial charge in [0.05, 0.1) is 17.1 Å². The third-order valence-corrected chi connectivity index (χ3v) is 3.95. The second kappa shape index (κ2) is 8.70. The summed E-state index contributed by atoms with van der Waals surface area (Å²) >= 11 is 9.19. The fourth-order valence-corrected chi connectivity index (χ4v) is 2.61. The van der Waals surface area contributed by atoms with Crippen molar-refractivity contribution in [2.75, 3.05) is 13.7 Å². The molecule has 2 rings (SSSR count). The lowest BCUT2D eigenvalue weighted by Gasteiger charge is -2.10. The summed E-state index contributed by atoms with van der Waals surface area (Å²) in [4.78, 5) is 23.3. The minimum atomic E-state index is -0.443. The molecule has 1 N–H and O–H groups in total. The van der Waals surface area contributed by atoms with Crippen LogP contribution in [0.15, 0.2) is 46.9 Å². The molecule has 0 aromatic heterocycles. The Bertz CT molecular complexity index is 751. The Balaban J connectivity index is 1.86. The van der Waals surface area contributed by atoms with Crippen molar-refractivity contribution in [2.24, 2.45) is 0 Å². The zero-order valence-corrected chi connectivity index (χ0v) is 15.2. The van der Waals surface area contributed by atoms with Gasteiger partial charge in [0.25, 0.3) is 5.91 Å². The number of hydrogen-bond acceptors (Lipinski definition) is 4. The summed E-state index contributed by atoms with van der Waals surface area (Å²) in [5, 5.41) is 3.36. The maximum absolute atomic E-state index is 11.8. The van der Waals surface area contributed by atoms with Crippen molar-refractivity contribution in [3.63, 3.8) is 0 Å². The quantitative estimate of drug-likeness (QED) is 0.737. The monoisotopic (exact) mass is 411 g/mol. The summed E-state index contributed by atoms with van der Waals surface area (Å²) in [5.74, 6) is -0.249. The number of methoxy groups -OCH3 is 1. The van der Waals surface area contributed by atoms with Gasteiger partial charge < -0.3 is 14.8 Å². The van der Waals surface area contributed by atoms with E-state index >= 15 is 0 Å². The van der Waals surface area contributed by atoms with Crippen LogP contribution in [-0.2, 0) is 16.1 Å². The van der Waals surface area contributed by atoms with E-state index in [4.69, 9.17) is 16.3 Å². The number of rotatable bonds is 6. The average molecular weight is 413 g/mol. The van der Waals surface area contributed by atoms with Gasteiger partial charge in [-0.3, -0.25) is 4.79 Å². The van der Waals surface area contributed by atoms with Crippen molar-refractivity contribution in [3.05, 3.63) is 63.1 Å². The van der Waals surface area contributed by atoms with E-state index in [1.807, 2.05) is 12.1 Å². The van der Waals surface area contributed by atoms with Crippen LogP contribution in [0.3, 0.4) is 0 Å². The number of amides is 1. The first-order chi connectivity index (χ1) is 11.5. The van der Waals surface area contributed by atoms with E-state index in [1.165, 1.54) is 7.11 Å². The molecule has 0 bridgehead atoms. The molecule has 2 aromatic rings. The van der Waals surface area contributed by atoms with Crippen LogP contribution in [0.2, 0.25) is 5.02 Å². The topological polar surface area (TPSA) is 64.6 Å². The Labute approximate surface area is 153 Å². The number of ether oxygens (including phenoxy) is 2. The molecule has 1 amide bonds. The van der Waals surface area contributed by atoms with Crippen LogP contribution in [0.5, 0.6) is 5.75 Å². The van der Waals surface area contributed by atoms with Gasteiger partial charge in [0.15, 0.2) is 6.61 Å². The summed E-state index contributed by atoms with van der Waals surface area (Å²) in [7, 11) is 1.31. The Morgan fingerprint density at radius 1 is 1.21 bits per heavy atom. The van der Waals surface area contributed by atoms with Crippen LogP contribution in [0.4, 0.5) is 0 Å². The van der Waals surface area contributed by atoms with Crippen LogP contribution in [0.1, 0.15) is 15.9 Å². The third kappa shape index (κ3) is 5.25. The van der Waals surface area contributed by atoms with Gasteiger partial charge in [0.2, 0.25) is 0 Å². The van der Waals surface area contributed by atoms with Gasteiger partial charge >= 0.3 is 5.97 Å². The fourth-order valence-electron chi connectivity index (χ4n) is 1.90. The van der Waals surface area contributed by atoms with Gasteiger partial charge in [-0.2, -0.15) is 0 Å². The number of halogens is 2. The standard InChI is InChI=1S/C17H15BrClNO4/c1-23-17(22)12-5-6-15(14(18)8-12)24-10-16(21)20-9-11-3-2-4-13(19)7-11/h2-8H,9-10H2,1H3,(H,20,21). The zero-order chi connectivity index (χ0) is 17.5. The van der Waals surface area contributed by atoms with E-state index in [0.717, 1.165) is 5.56 Å². The van der Waals surface area contributed by atoms with Gasteiger partial charge in [-0.25, -0.2) is 4.79 Å². The first-order valence-corrected chi connectivity index (χ1v) is 8.18. The summed E-state index contributed by atoms with van der Waals surface area (Å²) < 4.78 is 10.6. The highest BCUT2D eigenvalue weighted by atomic mass is 79.9. The van der Waals surface area contributed by atoms with E-state index in [2.05, 4.69) is 26.0 Å². The fraction of sp³-hybridized carbons (Fsp3) is 0.176. The molecule has 24 heavy (non-hydrogen) atoms. The van der Waals surface area contributed by atoms with E-state index in [9.17, 15) is 9.59 Å². The van der Waals surface area contributed by atoms with Gasteiger partial charge in [-0.1, -0.05) is 23.7 Å². The number of hydrogen-bond donors (Lipinski definition) is 1. The van der Waals surface area contributed by atoms with Crippen molar-refractivity contribution >= 4 is 39.4 Å². The summed E-state index contributed by atoms with van der Waals surface area (Å²) in [6.07, 6.45) is 0. The molecular formula is C17H15BrClNO4. The molecule has 0 atom stereocenters. The predicted molar refractivity (Wildman–Crippen MR) is 94.3 cm³/mol. The summed E-state index contributed by atoms with van der Waals surface area (Å²) in [5.41, 5.74) is 1.29. The number of carbonyl (C=O) groups is 2. The molecule has 0 saturated carbocycles. The largest absolute Gasteiger partial charge is 0.483 e. The van der Waals surface area contributed by atoms with Crippen molar-refractivity contribution in [1.29, 1.82) is 0 Å². The van der Waals surface area contributed by atoms with Crippen molar-refractivity contribution in [3.8, 4) is 5.75 Å². The maximum Gasteiger partial charge on any atom is 0.337 e. The molecule has 0 aliphatic rings. The van der Waals surface area contributed by atoms with Crippen LogP contribution < -0.4 is 10.1 Å².